The first-order chi connectivity index (χ1) is 10.2. The summed E-state index contributed by atoms with van der Waals surface area (Å²) in [6, 6.07) is 18.8. The standard InChI is InChI=1S/C19H22N2/c1-4-13-21(3)19-12-8-11-18(14-19)16(2)20-15-17-9-6-5-7-10-17/h4-12,14H,1,13,15H2,2-3H3. The van der Waals surface area contributed by atoms with Gasteiger partial charge in [-0.25, -0.2) is 0 Å². The van der Waals surface area contributed by atoms with Crippen molar-refractivity contribution in [3.05, 3.63) is 78.4 Å². The molecule has 2 rings (SSSR count). The van der Waals surface area contributed by atoms with E-state index in [1.807, 2.05) is 24.3 Å². The van der Waals surface area contributed by atoms with Crippen LogP contribution < -0.4 is 4.90 Å². The van der Waals surface area contributed by atoms with Crippen LogP contribution in [0.1, 0.15) is 18.1 Å². The minimum Gasteiger partial charge on any atom is -0.371 e. The van der Waals surface area contributed by atoms with Crippen LogP contribution in [0.3, 0.4) is 0 Å². The van der Waals surface area contributed by atoms with E-state index >= 15 is 0 Å². The molecule has 0 unspecified atom stereocenters. The number of rotatable bonds is 6. The highest BCUT2D eigenvalue weighted by molar-refractivity contribution is 5.99. The molecule has 0 spiro atoms. The summed E-state index contributed by atoms with van der Waals surface area (Å²) in [6.07, 6.45) is 1.91. The summed E-state index contributed by atoms with van der Waals surface area (Å²) in [6.45, 7) is 7.40. The molecule has 0 amide bonds. The van der Waals surface area contributed by atoms with E-state index in [-0.39, 0.29) is 0 Å². The van der Waals surface area contributed by atoms with Gasteiger partial charge in [-0.15, -0.1) is 6.58 Å². The minimum atomic E-state index is 0.722. The van der Waals surface area contributed by atoms with Gasteiger partial charge in [0.1, 0.15) is 0 Å². The van der Waals surface area contributed by atoms with Crippen LogP contribution in [0.2, 0.25) is 0 Å². The zero-order valence-corrected chi connectivity index (χ0v) is 12.8. The fourth-order valence-electron chi connectivity index (χ4n) is 2.15. The van der Waals surface area contributed by atoms with E-state index in [0.29, 0.717) is 0 Å². The first kappa shape index (κ1) is 15.0. The van der Waals surface area contributed by atoms with Crippen molar-refractivity contribution in [2.45, 2.75) is 13.5 Å². The Kier molecular flexibility index (Phi) is 5.33. The van der Waals surface area contributed by atoms with Crippen LogP contribution in [0.25, 0.3) is 0 Å². The molecule has 2 nitrogen and oxygen atoms in total. The Morgan fingerprint density at radius 1 is 1.14 bits per heavy atom. The van der Waals surface area contributed by atoms with Crippen LogP contribution in [0.15, 0.2) is 72.2 Å². The molecular weight excluding hydrogens is 256 g/mol. The van der Waals surface area contributed by atoms with Gasteiger partial charge in [0.25, 0.3) is 0 Å². The number of anilines is 1. The smallest absolute Gasteiger partial charge is 0.0643 e. The number of hydrogen-bond acceptors (Lipinski definition) is 2. The number of hydrogen-bond donors (Lipinski definition) is 0. The Morgan fingerprint density at radius 2 is 1.90 bits per heavy atom. The highest BCUT2D eigenvalue weighted by Crippen LogP contribution is 2.16. The molecule has 0 bridgehead atoms. The molecule has 21 heavy (non-hydrogen) atoms. The summed E-state index contributed by atoms with van der Waals surface area (Å²) in [7, 11) is 2.07. The molecule has 108 valence electrons. The van der Waals surface area contributed by atoms with E-state index in [1.165, 1.54) is 16.8 Å². The summed E-state index contributed by atoms with van der Waals surface area (Å²) in [5.41, 5.74) is 4.64. The molecular formula is C19H22N2. The molecule has 2 aromatic rings. The SMILES string of the molecule is C=CCN(C)c1cccc(C(C)=NCc2ccccc2)c1. The van der Waals surface area contributed by atoms with E-state index in [2.05, 4.69) is 66.8 Å². The molecule has 0 aliphatic rings. The van der Waals surface area contributed by atoms with E-state index in [0.717, 1.165) is 18.8 Å². The van der Waals surface area contributed by atoms with Crippen molar-refractivity contribution in [3.63, 3.8) is 0 Å². The second-order valence-corrected chi connectivity index (χ2v) is 5.11. The normalized spacial score (nSPS) is 11.2. The largest absolute Gasteiger partial charge is 0.371 e. The molecule has 0 heterocycles. The molecule has 0 radical (unpaired) electrons. The Balaban J connectivity index is 2.13. The van der Waals surface area contributed by atoms with Gasteiger partial charge in [0.05, 0.1) is 6.54 Å². The van der Waals surface area contributed by atoms with Crippen molar-refractivity contribution < 1.29 is 0 Å². The van der Waals surface area contributed by atoms with Crippen LogP contribution in [-0.4, -0.2) is 19.3 Å². The number of aliphatic imine (C=N–C) groups is 1. The third-order valence-corrected chi connectivity index (χ3v) is 3.45. The molecule has 0 saturated heterocycles. The quantitative estimate of drug-likeness (QED) is 0.567. The van der Waals surface area contributed by atoms with Gasteiger partial charge in [0, 0.05) is 25.0 Å². The molecule has 0 aliphatic carbocycles. The van der Waals surface area contributed by atoms with Gasteiger partial charge in [0.15, 0.2) is 0 Å². The van der Waals surface area contributed by atoms with Crippen molar-refractivity contribution >= 4 is 11.4 Å². The summed E-state index contributed by atoms with van der Waals surface area (Å²) in [5, 5.41) is 0. The maximum Gasteiger partial charge on any atom is 0.0643 e. The maximum atomic E-state index is 4.69. The topological polar surface area (TPSA) is 15.6 Å². The molecule has 0 fully saturated rings. The Bertz CT molecular complexity index is 614. The second-order valence-electron chi connectivity index (χ2n) is 5.11. The van der Waals surface area contributed by atoms with Crippen LogP contribution in [0.4, 0.5) is 5.69 Å². The summed E-state index contributed by atoms with van der Waals surface area (Å²) < 4.78 is 0. The van der Waals surface area contributed by atoms with E-state index in [4.69, 9.17) is 0 Å². The van der Waals surface area contributed by atoms with Crippen molar-refractivity contribution in [1.82, 2.24) is 0 Å². The van der Waals surface area contributed by atoms with E-state index < -0.39 is 0 Å². The van der Waals surface area contributed by atoms with Crippen molar-refractivity contribution in [2.24, 2.45) is 4.99 Å². The molecule has 0 saturated carbocycles. The molecule has 0 atom stereocenters. The lowest BCUT2D eigenvalue weighted by Gasteiger charge is -2.17. The predicted octanol–water partition coefficient (Wildman–Crippen LogP) is 4.32. The van der Waals surface area contributed by atoms with Crippen LogP contribution in [0, 0.1) is 0 Å². The highest BCUT2D eigenvalue weighted by Gasteiger charge is 2.02. The third-order valence-electron chi connectivity index (χ3n) is 3.45. The maximum absolute atomic E-state index is 4.69. The highest BCUT2D eigenvalue weighted by atomic mass is 15.1. The third kappa shape index (κ3) is 4.32. The average molecular weight is 278 g/mol. The number of likely N-dealkylation sites (N-methyl/N-ethyl adjacent to an activating group) is 1. The summed E-state index contributed by atoms with van der Waals surface area (Å²) in [5.74, 6) is 0. The van der Waals surface area contributed by atoms with Crippen molar-refractivity contribution in [2.75, 3.05) is 18.5 Å². The zero-order valence-electron chi connectivity index (χ0n) is 12.8. The van der Waals surface area contributed by atoms with E-state index in [9.17, 15) is 0 Å². The van der Waals surface area contributed by atoms with Gasteiger partial charge in [-0.3, -0.25) is 4.99 Å². The summed E-state index contributed by atoms with van der Waals surface area (Å²) >= 11 is 0. The zero-order chi connectivity index (χ0) is 15.1. The Morgan fingerprint density at radius 3 is 2.62 bits per heavy atom. The Hall–Kier alpha value is -2.35. The fraction of sp³-hybridized carbons (Fsp3) is 0.211. The van der Waals surface area contributed by atoms with Gasteiger partial charge in [0.2, 0.25) is 0 Å². The van der Waals surface area contributed by atoms with Crippen LogP contribution in [-0.2, 0) is 6.54 Å². The minimum absolute atomic E-state index is 0.722. The van der Waals surface area contributed by atoms with Crippen LogP contribution in [0.5, 0.6) is 0 Å². The second kappa shape index (κ2) is 7.44. The van der Waals surface area contributed by atoms with Gasteiger partial charge >= 0.3 is 0 Å². The van der Waals surface area contributed by atoms with Crippen molar-refractivity contribution in [3.8, 4) is 0 Å². The van der Waals surface area contributed by atoms with Crippen molar-refractivity contribution in [1.29, 1.82) is 0 Å². The summed E-state index contributed by atoms with van der Waals surface area (Å²) in [4.78, 5) is 6.86. The van der Waals surface area contributed by atoms with Gasteiger partial charge in [-0.05, 0) is 30.2 Å². The first-order valence-electron chi connectivity index (χ1n) is 7.18. The van der Waals surface area contributed by atoms with Gasteiger partial charge < -0.3 is 4.90 Å². The lowest BCUT2D eigenvalue weighted by molar-refractivity contribution is 1.03. The van der Waals surface area contributed by atoms with Gasteiger partial charge in [-0.2, -0.15) is 0 Å². The van der Waals surface area contributed by atoms with Crippen LogP contribution >= 0.6 is 0 Å². The number of benzene rings is 2. The lowest BCUT2D eigenvalue weighted by atomic mass is 10.1. The molecule has 0 N–H and O–H groups in total. The fourth-order valence-corrected chi connectivity index (χ4v) is 2.15. The molecule has 2 aromatic carbocycles. The van der Waals surface area contributed by atoms with Gasteiger partial charge in [-0.1, -0.05) is 48.5 Å². The number of nitrogens with zero attached hydrogens (tertiary/aromatic N) is 2. The molecule has 2 heteroatoms. The Labute approximate surface area is 127 Å². The first-order valence-corrected chi connectivity index (χ1v) is 7.18. The predicted molar refractivity (Wildman–Crippen MR) is 92.3 cm³/mol. The molecule has 0 aliphatic heterocycles. The average Bonchev–Trinajstić information content (AvgIpc) is 2.54. The van der Waals surface area contributed by atoms with E-state index in [1.54, 1.807) is 0 Å². The molecule has 0 aromatic heterocycles. The lowest BCUT2D eigenvalue weighted by Crippen LogP contribution is -2.16. The monoisotopic (exact) mass is 278 g/mol.